The van der Waals surface area contributed by atoms with Gasteiger partial charge in [-0.2, -0.15) is 4.98 Å². The molecule has 1 rings (SSSR count). The van der Waals surface area contributed by atoms with E-state index in [2.05, 4.69) is 10.1 Å². The minimum Gasteiger partial charge on any atom is -0.480 e. The van der Waals surface area contributed by atoms with Crippen molar-refractivity contribution >= 4 is 5.97 Å². The lowest BCUT2D eigenvalue weighted by Crippen LogP contribution is -2.30. The molecular formula is C11H19N3O3. The Kier molecular flexibility index (Phi) is 5.09. The summed E-state index contributed by atoms with van der Waals surface area (Å²) in [4.78, 5) is 16.7. The van der Waals surface area contributed by atoms with Crippen LogP contribution >= 0.6 is 0 Å². The monoisotopic (exact) mass is 241 g/mol. The van der Waals surface area contributed by atoms with Gasteiger partial charge in [0.1, 0.15) is 0 Å². The Balaban J connectivity index is 2.61. The summed E-state index contributed by atoms with van der Waals surface area (Å²) in [5, 5.41) is 12.6. The SMILES string of the molecule is CCCN(CC(=O)O)Cc1nc(C(C)C)no1. The maximum absolute atomic E-state index is 10.7. The molecule has 0 bridgehead atoms. The molecule has 17 heavy (non-hydrogen) atoms. The number of hydrogen-bond donors (Lipinski definition) is 1. The molecule has 0 aliphatic heterocycles. The molecule has 96 valence electrons. The number of aliphatic carboxylic acids is 1. The summed E-state index contributed by atoms with van der Waals surface area (Å²) in [6.45, 7) is 7.05. The van der Waals surface area contributed by atoms with E-state index in [-0.39, 0.29) is 12.5 Å². The second kappa shape index (κ2) is 6.34. The van der Waals surface area contributed by atoms with Gasteiger partial charge in [0, 0.05) is 5.92 Å². The van der Waals surface area contributed by atoms with Gasteiger partial charge in [-0.15, -0.1) is 0 Å². The molecule has 0 aliphatic carbocycles. The molecule has 1 N–H and O–H groups in total. The fraction of sp³-hybridized carbons (Fsp3) is 0.727. The molecule has 0 spiro atoms. The van der Waals surface area contributed by atoms with E-state index in [1.54, 1.807) is 4.90 Å². The topological polar surface area (TPSA) is 79.5 Å². The Bertz CT molecular complexity index is 363. The standard InChI is InChI=1S/C11H19N3O3/c1-4-5-14(7-10(15)16)6-9-12-11(8(2)3)13-17-9/h8H,4-7H2,1-3H3,(H,15,16). The smallest absolute Gasteiger partial charge is 0.317 e. The van der Waals surface area contributed by atoms with Gasteiger partial charge in [0.05, 0.1) is 13.1 Å². The highest BCUT2D eigenvalue weighted by Crippen LogP contribution is 2.11. The van der Waals surface area contributed by atoms with Gasteiger partial charge in [-0.05, 0) is 13.0 Å². The highest BCUT2D eigenvalue weighted by molar-refractivity contribution is 5.69. The van der Waals surface area contributed by atoms with Gasteiger partial charge in [-0.1, -0.05) is 25.9 Å². The summed E-state index contributed by atoms with van der Waals surface area (Å²) < 4.78 is 5.09. The molecule has 0 radical (unpaired) electrons. The lowest BCUT2D eigenvalue weighted by Gasteiger charge is -2.16. The molecular weight excluding hydrogens is 222 g/mol. The summed E-state index contributed by atoms with van der Waals surface area (Å²) in [6.07, 6.45) is 0.887. The molecule has 1 aromatic heterocycles. The first-order valence-electron chi connectivity index (χ1n) is 5.79. The summed E-state index contributed by atoms with van der Waals surface area (Å²) in [6, 6.07) is 0. The Labute approximate surface area is 101 Å². The second-order valence-corrected chi connectivity index (χ2v) is 4.31. The molecule has 0 unspecified atom stereocenters. The molecule has 0 saturated heterocycles. The van der Waals surface area contributed by atoms with Crippen molar-refractivity contribution in [2.24, 2.45) is 0 Å². The van der Waals surface area contributed by atoms with E-state index in [0.29, 0.717) is 24.8 Å². The quantitative estimate of drug-likeness (QED) is 0.779. The van der Waals surface area contributed by atoms with Gasteiger partial charge in [-0.25, -0.2) is 0 Å². The molecule has 0 aromatic carbocycles. The van der Waals surface area contributed by atoms with Crippen LogP contribution in [0.1, 0.15) is 44.8 Å². The number of carboxylic acid groups (broad SMARTS) is 1. The maximum atomic E-state index is 10.7. The van der Waals surface area contributed by atoms with Crippen LogP contribution in [-0.4, -0.2) is 39.2 Å². The Hall–Kier alpha value is -1.43. The van der Waals surface area contributed by atoms with Gasteiger partial charge in [0.25, 0.3) is 0 Å². The highest BCUT2D eigenvalue weighted by Gasteiger charge is 2.15. The van der Waals surface area contributed by atoms with Gasteiger partial charge in [0.2, 0.25) is 5.89 Å². The van der Waals surface area contributed by atoms with E-state index in [1.807, 2.05) is 20.8 Å². The Morgan fingerprint density at radius 1 is 1.53 bits per heavy atom. The molecule has 0 atom stereocenters. The zero-order valence-electron chi connectivity index (χ0n) is 10.5. The maximum Gasteiger partial charge on any atom is 0.317 e. The number of carbonyl (C=O) groups is 1. The molecule has 0 aliphatic rings. The van der Waals surface area contributed by atoms with Gasteiger partial charge >= 0.3 is 5.97 Å². The van der Waals surface area contributed by atoms with Crippen LogP contribution in [0.3, 0.4) is 0 Å². The van der Waals surface area contributed by atoms with Crippen LogP contribution in [0.4, 0.5) is 0 Å². The summed E-state index contributed by atoms with van der Waals surface area (Å²) in [5.41, 5.74) is 0. The van der Waals surface area contributed by atoms with Crippen molar-refractivity contribution in [2.45, 2.75) is 39.7 Å². The zero-order valence-corrected chi connectivity index (χ0v) is 10.5. The molecule has 1 aromatic rings. The largest absolute Gasteiger partial charge is 0.480 e. The third-order valence-electron chi connectivity index (χ3n) is 2.26. The molecule has 0 amide bonds. The Morgan fingerprint density at radius 2 is 2.24 bits per heavy atom. The van der Waals surface area contributed by atoms with E-state index >= 15 is 0 Å². The molecule has 0 fully saturated rings. The third-order valence-corrected chi connectivity index (χ3v) is 2.26. The number of aromatic nitrogens is 2. The van der Waals surface area contributed by atoms with Crippen molar-refractivity contribution in [3.63, 3.8) is 0 Å². The predicted molar refractivity (Wildman–Crippen MR) is 61.6 cm³/mol. The van der Waals surface area contributed by atoms with E-state index in [4.69, 9.17) is 9.63 Å². The average molecular weight is 241 g/mol. The van der Waals surface area contributed by atoms with Gasteiger partial charge < -0.3 is 9.63 Å². The number of rotatable bonds is 7. The fourth-order valence-electron chi connectivity index (χ4n) is 1.48. The minimum absolute atomic E-state index is 0.00671. The van der Waals surface area contributed by atoms with Crippen molar-refractivity contribution in [1.29, 1.82) is 0 Å². The van der Waals surface area contributed by atoms with E-state index in [1.165, 1.54) is 0 Å². The van der Waals surface area contributed by atoms with Crippen LogP contribution in [0.15, 0.2) is 4.52 Å². The van der Waals surface area contributed by atoms with Crippen LogP contribution in [0.25, 0.3) is 0 Å². The first-order valence-corrected chi connectivity index (χ1v) is 5.79. The normalized spacial score (nSPS) is 11.4. The van der Waals surface area contributed by atoms with Crippen LogP contribution in [0.2, 0.25) is 0 Å². The van der Waals surface area contributed by atoms with Gasteiger partial charge in [-0.3, -0.25) is 9.69 Å². The first-order chi connectivity index (χ1) is 8.02. The van der Waals surface area contributed by atoms with Crippen molar-refractivity contribution in [2.75, 3.05) is 13.1 Å². The summed E-state index contributed by atoms with van der Waals surface area (Å²) in [7, 11) is 0. The van der Waals surface area contributed by atoms with Crippen LogP contribution in [0, 0.1) is 0 Å². The van der Waals surface area contributed by atoms with Crippen molar-refractivity contribution in [3.8, 4) is 0 Å². The van der Waals surface area contributed by atoms with Crippen LogP contribution in [0.5, 0.6) is 0 Å². The fourth-order valence-corrected chi connectivity index (χ4v) is 1.48. The number of hydrogen-bond acceptors (Lipinski definition) is 5. The molecule has 0 saturated carbocycles. The van der Waals surface area contributed by atoms with Crippen molar-refractivity contribution in [3.05, 3.63) is 11.7 Å². The third kappa shape index (κ3) is 4.52. The van der Waals surface area contributed by atoms with E-state index in [9.17, 15) is 4.79 Å². The van der Waals surface area contributed by atoms with Crippen molar-refractivity contribution in [1.82, 2.24) is 15.0 Å². The zero-order chi connectivity index (χ0) is 12.8. The van der Waals surface area contributed by atoms with Crippen LogP contribution in [-0.2, 0) is 11.3 Å². The summed E-state index contributed by atoms with van der Waals surface area (Å²) in [5.74, 6) is 0.504. The van der Waals surface area contributed by atoms with E-state index < -0.39 is 5.97 Å². The minimum atomic E-state index is -0.845. The van der Waals surface area contributed by atoms with Gasteiger partial charge in [0.15, 0.2) is 5.82 Å². The van der Waals surface area contributed by atoms with Crippen molar-refractivity contribution < 1.29 is 14.4 Å². The summed E-state index contributed by atoms with van der Waals surface area (Å²) >= 11 is 0. The first kappa shape index (κ1) is 13.6. The second-order valence-electron chi connectivity index (χ2n) is 4.31. The molecule has 6 heteroatoms. The lowest BCUT2D eigenvalue weighted by atomic mass is 10.2. The predicted octanol–water partition coefficient (Wildman–Crippen LogP) is 1.49. The molecule has 6 nitrogen and oxygen atoms in total. The number of nitrogens with zero attached hydrogens (tertiary/aromatic N) is 3. The highest BCUT2D eigenvalue weighted by atomic mass is 16.5. The van der Waals surface area contributed by atoms with Crippen LogP contribution < -0.4 is 0 Å². The van der Waals surface area contributed by atoms with E-state index in [0.717, 1.165) is 6.42 Å². The molecule has 1 heterocycles. The average Bonchev–Trinajstić information content (AvgIpc) is 2.65. The lowest BCUT2D eigenvalue weighted by molar-refractivity contribution is -0.138. The number of carboxylic acids is 1. The Morgan fingerprint density at radius 3 is 2.71 bits per heavy atom.